The number of piperidine rings is 1. The fraction of sp³-hybridized carbons (Fsp3) is 0.444. The van der Waals surface area contributed by atoms with E-state index in [2.05, 4.69) is 10.6 Å². The van der Waals surface area contributed by atoms with E-state index < -0.39 is 0 Å². The number of amides is 3. The lowest BCUT2D eigenvalue weighted by Crippen LogP contribution is -2.41. The summed E-state index contributed by atoms with van der Waals surface area (Å²) in [6.07, 6.45) is 1.50. The van der Waals surface area contributed by atoms with Gasteiger partial charge in [0.25, 0.3) is 5.91 Å². The highest BCUT2D eigenvalue weighted by Gasteiger charge is 2.24. The van der Waals surface area contributed by atoms with Gasteiger partial charge in [-0.3, -0.25) is 14.4 Å². The van der Waals surface area contributed by atoms with Crippen LogP contribution in [0.25, 0.3) is 0 Å². The third-order valence-electron chi connectivity index (χ3n) is 4.16. The molecule has 0 bridgehead atoms. The first-order valence-corrected chi connectivity index (χ1v) is 8.30. The van der Waals surface area contributed by atoms with Crippen molar-refractivity contribution in [2.45, 2.75) is 26.2 Å². The molecule has 0 aromatic heterocycles. The zero-order valence-corrected chi connectivity index (χ0v) is 14.2. The van der Waals surface area contributed by atoms with Crippen molar-refractivity contribution in [3.8, 4) is 6.07 Å². The van der Waals surface area contributed by atoms with Gasteiger partial charge in [-0.05, 0) is 37.0 Å². The second kappa shape index (κ2) is 8.83. The smallest absolute Gasteiger partial charge is 0.253 e. The zero-order chi connectivity index (χ0) is 18.2. The topological polar surface area (TPSA) is 102 Å². The summed E-state index contributed by atoms with van der Waals surface area (Å²) in [7, 11) is 0. The third-order valence-corrected chi connectivity index (χ3v) is 4.16. The summed E-state index contributed by atoms with van der Waals surface area (Å²) < 4.78 is 0. The van der Waals surface area contributed by atoms with E-state index in [0.29, 0.717) is 36.8 Å². The number of benzene rings is 1. The monoisotopic (exact) mass is 342 g/mol. The molecule has 0 radical (unpaired) electrons. The number of likely N-dealkylation sites (tertiary alicyclic amines) is 1. The van der Waals surface area contributed by atoms with Crippen LogP contribution in [-0.4, -0.2) is 42.3 Å². The van der Waals surface area contributed by atoms with Crippen molar-refractivity contribution < 1.29 is 14.4 Å². The van der Waals surface area contributed by atoms with E-state index in [1.165, 1.54) is 6.92 Å². The van der Waals surface area contributed by atoms with Gasteiger partial charge in [-0.1, -0.05) is 6.07 Å². The SMILES string of the molecule is CC(=O)Nc1cccc(C(=O)N2CCC(CNC(=O)CC#N)CC2)c1. The molecule has 7 heteroatoms. The first-order valence-electron chi connectivity index (χ1n) is 8.30. The summed E-state index contributed by atoms with van der Waals surface area (Å²) >= 11 is 0. The maximum atomic E-state index is 12.6. The molecule has 1 aromatic rings. The van der Waals surface area contributed by atoms with Crippen molar-refractivity contribution in [3.63, 3.8) is 0 Å². The van der Waals surface area contributed by atoms with Crippen molar-refractivity contribution >= 4 is 23.4 Å². The average Bonchev–Trinajstić information content (AvgIpc) is 2.60. The highest BCUT2D eigenvalue weighted by Crippen LogP contribution is 2.20. The molecule has 7 nitrogen and oxygen atoms in total. The van der Waals surface area contributed by atoms with Gasteiger partial charge in [0, 0.05) is 37.8 Å². The maximum Gasteiger partial charge on any atom is 0.253 e. The predicted molar refractivity (Wildman–Crippen MR) is 92.6 cm³/mol. The Balaban J connectivity index is 1.86. The molecule has 1 aliphatic heterocycles. The molecule has 25 heavy (non-hydrogen) atoms. The number of rotatable bonds is 5. The lowest BCUT2D eigenvalue weighted by Gasteiger charge is -2.32. The van der Waals surface area contributed by atoms with Crippen molar-refractivity contribution in [1.82, 2.24) is 10.2 Å². The van der Waals surface area contributed by atoms with Crippen LogP contribution >= 0.6 is 0 Å². The van der Waals surface area contributed by atoms with Gasteiger partial charge in [0.05, 0.1) is 6.07 Å². The number of hydrogen-bond acceptors (Lipinski definition) is 4. The maximum absolute atomic E-state index is 12.6. The largest absolute Gasteiger partial charge is 0.355 e. The minimum absolute atomic E-state index is 0.0563. The molecule has 0 saturated carbocycles. The Hall–Kier alpha value is -2.88. The summed E-state index contributed by atoms with van der Waals surface area (Å²) in [4.78, 5) is 36.8. The molecule has 0 unspecified atom stereocenters. The van der Waals surface area contributed by atoms with Gasteiger partial charge >= 0.3 is 0 Å². The third kappa shape index (κ3) is 5.60. The minimum Gasteiger partial charge on any atom is -0.355 e. The summed E-state index contributed by atoms with van der Waals surface area (Å²) in [6, 6.07) is 8.73. The van der Waals surface area contributed by atoms with Gasteiger partial charge in [-0.15, -0.1) is 0 Å². The van der Waals surface area contributed by atoms with Gasteiger partial charge in [-0.2, -0.15) is 5.26 Å². The Kier molecular flexibility index (Phi) is 6.52. The fourth-order valence-corrected chi connectivity index (χ4v) is 2.85. The summed E-state index contributed by atoms with van der Waals surface area (Å²) in [5, 5.41) is 13.9. The van der Waals surface area contributed by atoms with Gasteiger partial charge < -0.3 is 15.5 Å². The second-order valence-electron chi connectivity index (χ2n) is 6.14. The van der Waals surface area contributed by atoms with Crippen LogP contribution in [0.4, 0.5) is 5.69 Å². The van der Waals surface area contributed by atoms with E-state index >= 15 is 0 Å². The molecule has 1 saturated heterocycles. The highest BCUT2D eigenvalue weighted by atomic mass is 16.2. The number of nitriles is 1. The van der Waals surface area contributed by atoms with Crippen molar-refractivity contribution in [2.24, 2.45) is 5.92 Å². The molecule has 2 rings (SSSR count). The molecule has 1 fully saturated rings. The molecule has 3 amide bonds. The molecule has 132 valence electrons. The van der Waals surface area contributed by atoms with Crippen molar-refractivity contribution in [1.29, 1.82) is 5.26 Å². The number of anilines is 1. The highest BCUT2D eigenvalue weighted by molar-refractivity contribution is 5.96. The molecule has 1 aromatic carbocycles. The molecule has 0 aliphatic carbocycles. The Morgan fingerprint density at radius 3 is 2.64 bits per heavy atom. The van der Waals surface area contributed by atoms with E-state index in [4.69, 9.17) is 5.26 Å². The molecule has 2 N–H and O–H groups in total. The Morgan fingerprint density at radius 2 is 2.00 bits per heavy atom. The van der Waals surface area contributed by atoms with Gasteiger partial charge in [0.15, 0.2) is 0 Å². The molecular formula is C18H22N4O3. The predicted octanol–water partition coefficient (Wildman–Crippen LogP) is 1.53. The van der Waals surface area contributed by atoms with Crippen molar-refractivity contribution in [3.05, 3.63) is 29.8 Å². The first-order chi connectivity index (χ1) is 12.0. The summed E-state index contributed by atoms with van der Waals surface area (Å²) in [5.41, 5.74) is 1.15. The number of carbonyl (C=O) groups excluding carboxylic acids is 3. The first kappa shape index (κ1) is 18.5. The van der Waals surface area contributed by atoms with E-state index in [1.54, 1.807) is 29.2 Å². The lowest BCUT2D eigenvalue weighted by atomic mass is 9.96. The molecule has 0 spiro atoms. The van der Waals surface area contributed by atoms with E-state index in [-0.39, 0.29) is 24.1 Å². The van der Waals surface area contributed by atoms with Gasteiger partial charge in [0.1, 0.15) is 6.42 Å². The quantitative estimate of drug-likeness (QED) is 0.847. The molecule has 0 atom stereocenters. The average molecular weight is 342 g/mol. The normalized spacial score (nSPS) is 14.5. The summed E-state index contributed by atoms with van der Waals surface area (Å²) in [5.74, 6) is -0.170. The molecule has 1 aliphatic rings. The molecule has 1 heterocycles. The van der Waals surface area contributed by atoms with E-state index in [0.717, 1.165) is 12.8 Å². The Labute approximate surface area is 147 Å². The van der Waals surface area contributed by atoms with Crippen LogP contribution in [-0.2, 0) is 9.59 Å². The van der Waals surface area contributed by atoms with Crippen LogP contribution in [0.3, 0.4) is 0 Å². The van der Waals surface area contributed by atoms with Crippen LogP contribution in [0.2, 0.25) is 0 Å². The Bertz CT molecular complexity index is 688. The minimum atomic E-state index is -0.254. The van der Waals surface area contributed by atoms with E-state index in [1.807, 2.05) is 6.07 Å². The number of hydrogen-bond donors (Lipinski definition) is 2. The van der Waals surface area contributed by atoms with Crippen molar-refractivity contribution in [2.75, 3.05) is 25.0 Å². The fourth-order valence-electron chi connectivity index (χ4n) is 2.85. The van der Waals surface area contributed by atoms with Gasteiger partial charge in [-0.25, -0.2) is 0 Å². The Morgan fingerprint density at radius 1 is 1.28 bits per heavy atom. The lowest BCUT2D eigenvalue weighted by molar-refractivity contribution is -0.120. The van der Waals surface area contributed by atoms with Gasteiger partial charge in [0.2, 0.25) is 11.8 Å². The number of carbonyl (C=O) groups is 3. The van der Waals surface area contributed by atoms with Crippen LogP contribution < -0.4 is 10.6 Å². The number of nitrogens with one attached hydrogen (secondary N) is 2. The standard InChI is InChI=1S/C18H22N4O3/c1-13(23)21-16-4-2-3-15(11-16)18(25)22-9-6-14(7-10-22)12-20-17(24)5-8-19/h2-4,11,14H,5-7,9-10,12H2,1H3,(H,20,24)(H,21,23). The van der Waals surface area contributed by atoms with Crippen LogP contribution in [0.5, 0.6) is 0 Å². The van der Waals surface area contributed by atoms with Crippen LogP contribution in [0, 0.1) is 17.2 Å². The van der Waals surface area contributed by atoms with E-state index in [9.17, 15) is 14.4 Å². The molecular weight excluding hydrogens is 320 g/mol. The summed E-state index contributed by atoms with van der Waals surface area (Å²) in [6.45, 7) is 3.22. The zero-order valence-electron chi connectivity index (χ0n) is 14.2. The number of nitrogens with zero attached hydrogens (tertiary/aromatic N) is 2. The second-order valence-corrected chi connectivity index (χ2v) is 6.14. The van der Waals surface area contributed by atoms with Crippen LogP contribution in [0.1, 0.15) is 36.5 Å². The van der Waals surface area contributed by atoms with Crippen LogP contribution in [0.15, 0.2) is 24.3 Å².